The van der Waals surface area contributed by atoms with Gasteiger partial charge in [-0.15, -0.1) is 0 Å². The van der Waals surface area contributed by atoms with Gasteiger partial charge in [-0.2, -0.15) is 17.8 Å². The molecule has 0 spiro atoms. The van der Waals surface area contributed by atoms with Crippen LogP contribution in [0.25, 0.3) is 22.3 Å². The van der Waals surface area contributed by atoms with E-state index in [4.69, 9.17) is 9.47 Å². The number of morpholine rings is 1. The maximum absolute atomic E-state index is 12.2. The number of hydrogen-bond donors (Lipinski definition) is 0. The summed E-state index contributed by atoms with van der Waals surface area (Å²) in [6.07, 6.45) is 2.83. The zero-order valence-corrected chi connectivity index (χ0v) is 20.7. The topological polar surface area (TPSA) is 97.8 Å². The number of aromatic nitrogens is 3. The Balaban J connectivity index is 0.00000306. The summed E-state index contributed by atoms with van der Waals surface area (Å²) < 4.78 is 37.6. The van der Waals surface area contributed by atoms with Crippen molar-refractivity contribution in [1.29, 1.82) is 0 Å². The van der Waals surface area contributed by atoms with Crippen LogP contribution in [0.2, 0.25) is 0 Å². The summed E-state index contributed by atoms with van der Waals surface area (Å²) in [6.45, 7) is 2.75. The summed E-state index contributed by atoms with van der Waals surface area (Å²) in [5.41, 5.74) is 3.96. The monoisotopic (exact) mass is 491 g/mol. The molecule has 1 fully saturated rings. The lowest BCUT2D eigenvalue weighted by Crippen LogP contribution is -2.48. The second kappa shape index (κ2) is 10.6. The van der Waals surface area contributed by atoms with Crippen molar-refractivity contribution < 1.29 is 17.9 Å². The van der Waals surface area contributed by atoms with E-state index in [1.165, 1.54) is 4.31 Å². The highest BCUT2D eigenvalue weighted by atomic mass is 32.2. The first-order valence-electron chi connectivity index (χ1n) is 10.5. The van der Waals surface area contributed by atoms with Gasteiger partial charge in [0.2, 0.25) is 15.9 Å². The van der Waals surface area contributed by atoms with Crippen molar-refractivity contribution >= 4 is 40.2 Å². The largest absolute Gasteiger partial charge is 0.473 e. The zero-order valence-electron chi connectivity index (χ0n) is 18.9. The number of hydrogen-bond acceptors (Lipinski definition) is 8. The summed E-state index contributed by atoms with van der Waals surface area (Å²) in [7, 11) is 0.714. The molecule has 2 aromatic heterocycles. The minimum Gasteiger partial charge on any atom is -0.473 e. The number of sulfonamides is 1. The van der Waals surface area contributed by atoms with Crippen LogP contribution in [-0.2, 0) is 14.8 Å². The Labute approximate surface area is 201 Å². The van der Waals surface area contributed by atoms with E-state index >= 15 is 0 Å². The molecule has 3 aromatic rings. The normalized spacial score (nSPS) is 16.9. The Morgan fingerprint density at radius 2 is 1.91 bits per heavy atom. The van der Waals surface area contributed by atoms with Crippen LogP contribution in [0.4, 0.5) is 5.69 Å². The zero-order chi connectivity index (χ0) is 22.7. The highest BCUT2D eigenvalue weighted by molar-refractivity contribution is 7.89. The Morgan fingerprint density at radius 3 is 2.61 bits per heavy atom. The van der Waals surface area contributed by atoms with Crippen LogP contribution >= 0.6 is 13.5 Å². The molecule has 1 saturated heterocycles. The highest BCUT2D eigenvalue weighted by Crippen LogP contribution is 2.28. The second-order valence-electron chi connectivity index (χ2n) is 7.74. The molecular formula is C22H29N5O4S2. The van der Waals surface area contributed by atoms with Gasteiger partial charge in [0.1, 0.15) is 12.7 Å². The molecule has 0 radical (unpaired) electrons. The summed E-state index contributed by atoms with van der Waals surface area (Å²) in [5.74, 6) is 0.415. The fourth-order valence-electron chi connectivity index (χ4n) is 3.52. The molecule has 0 amide bonds. The van der Waals surface area contributed by atoms with Crippen LogP contribution in [0, 0.1) is 0 Å². The number of ether oxygens (including phenoxy) is 2. The van der Waals surface area contributed by atoms with E-state index in [9.17, 15) is 8.42 Å². The molecule has 33 heavy (non-hydrogen) atoms. The standard InChI is InChI=1S/C22H27N5O4S.H2S/c1-4-32(28,29)27-11-12-30-18(14-27)15-31-22-21-20(23-9-10-24-21)13-19(25-22)16-5-7-17(8-6-16)26(2)3;/h5-10,13,18H,4,11-12,14-15H2,1-3H3;1H2/t18-;/m0./s1. The smallest absolute Gasteiger partial charge is 0.242 e. The predicted octanol–water partition coefficient (Wildman–Crippen LogP) is 2.30. The summed E-state index contributed by atoms with van der Waals surface area (Å²) in [6, 6.07) is 9.93. The maximum atomic E-state index is 12.2. The van der Waals surface area contributed by atoms with E-state index in [-0.39, 0.29) is 38.5 Å². The van der Waals surface area contributed by atoms with Gasteiger partial charge in [0.15, 0.2) is 5.52 Å². The molecule has 1 aliphatic rings. The number of pyridine rings is 1. The molecule has 0 bridgehead atoms. The van der Waals surface area contributed by atoms with Crippen LogP contribution in [-0.4, -0.2) is 79.9 Å². The third kappa shape index (κ3) is 5.72. The van der Waals surface area contributed by atoms with E-state index in [1.54, 1.807) is 19.3 Å². The SMILES string of the molecule is CCS(=O)(=O)N1CCO[C@H](COc2nc(-c3ccc(N(C)C)cc3)cc3nccnc23)C1.S. The molecule has 9 nitrogen and oxygen atoms in total. The summed E-state index contributed by atoms with van der Waals surface area (Å²) in [5, 5.41) is 0. The Bertz CT molecular complexity index is 1190. The van der Waals surface area contributed by atoms with Crippen molar-refractivity contribution in [2.75, 3.05) is 51.1 Å². The van der Waals surface area contributed by atoms with Crippen LogP contribution in [0.1, 0.15) is 6.92 Å². The molecule has 0 aliphatic carbocycles. The Hall–Kier alpha value is -2.47. The van der Waals surface area contributed by atoms with Gasteiger partial charge < -0.3 is 14.4 Å². The summed E-state index contributed by atoms with van der Waals surface area (Å²) in [4.78, 5) is 15.5. The van der Waals surface area contributed by atoms with Gasteiger partial charge in [0, 0.05) is 50.8 Å². The van der Waals surface area contributed by atoms with Crippen molar-refractivity contribution in [2.45, 2.75) is 13.0 Å². The minimum absolute atomic E-state index is 0. The molecule has 4 rings (SSSR count). The average Bonchev–Trinajstić information content (AvgIpc) is 2.82. The molecule has 178 valence electrons. The van der Waals surface area contributed by atoms with E-state index in [0.717, 1.165) is 16.9 Å². The van der Waals surface area contributed by atoms with Gasteiger partial charge in [0.25, 0.3) is 0 Å². The molecule has 1 atom stereocenters. The lowest BCUT2D eigenvalue weighted by molar-refractivity contribution is -0.0253. The van der Waals surface area contributed by atoms with Crippen molar-refractivity contribution in [1.82, 2.24) is 19.3 Å². The van der Waals surface area contributed by atoms with Crippen molar-refractivity contribution in [3.05, 3.63) is 42.7 Å². The van der Waals surface area contributed by atoms with Gasteiger partial charge in [-0.1, -0.05) is 12.1 Å². The first kappa shape index (κ1) is 25.2. The lowest BCUT2D eigenvalue weighted by atomic mass is 10.1. The molecule has 0 N–H and O–H groups in total. The van der Waals surface area contributed by atoms with Gasteiger partial charge in [0.05, 0.1) is 23.6 Å². The first-order chi connectivity index (χ1) is 15.4. The summed E-state index contributed by atoms with van der Waals surface area (Å²) >= 11 is 0. The number of rotatable bonds is 7. The molecule has 3 heterocycles. The Kier molecular flexibility index (Phi) is 8.11. The van der Waals surface area contributed by atoms with Crippen LogP contribution in [0.3, 0.4) is 0 Å². The number of anilines is 1. The van der Waals surface area contributed by atoms with Crippen molar-refractivity contribution in [3.8, 4) is 17.1 Å². The van der Waals surface area contributed by atoms with Gasteiger partial charge in [-0.05, 0) is 25.1 Å². The Morgan fingerprint density at radius 1 is 1.18 bits per heavy atom. The molecule has 1 aromatic carbocycles. The average molecular weight is 492 g/mol. The van der Waals surface area contributed by atoms with E-state index in [2.05, 4.69) is 15.0 Å². The highest BCUT2D eigenvalue weighted by Gasteiger charge is 2.29. The third-order valence-corrected chi connectivity index (χ3v) is 7.22. The van der Waals surface area contributed by atoms with Crippen molar-refractivity contribution in [3.63, 3.8) is 0 Å². The molecule has 0 unspecified atom stereocenters. The van der Waals surface area contributed by atoms with Crippen LogP contribution < -0.4 is 9.64 Å². The molecule has 0 saturated carbocycles. The second-order valence-corrected chi connectivity index (χ2v) is 10.00. The lowest BCUT2D eigenvalue weighted by Gasteiger charge is -2.31. The molecule has 11 heteroatoms. The quantitative estimate of drug-likeness (QED) is 0.497. The van der Waals surface area contributed by atoms with E-state index in [1.807, 2.05) is 49.3 Å². The minimum atomic E-state index is -3.27. The van der Waals surface area contributed by atoms with Crippen LogP contribution in [0.15, 0.2) is 42.7 Å². The fourth-order valence-corrected chi connectivity index (χ4v) is 4.63. The predicted molar refractivity (Wildman–Crippen MR) is 134 cm³/mol. The third-order valence-electron chi connectivity index (χ3n) is 5.37. The number of fused-ring (bicyclic) bond motifs is 1. The van der Waals surface area contributed by atoms with Crippen LogP contribution in [0.5, 0.6) is 5.88 Å². The van der Waals surface area contributed by atoms with E-state index in [0.29, 0.717) is 30.1 Å². The first-order valence-corrected chi connectivity index (χ1v) is 12.1. The van der Waals surface area contributed by atoms with Crippen molar-refractivity contribution in [2.24, 2.45) is 0 Å². The maximum Gasteiger partial charge on any atom is 0.242 e. The van der Waals surface area contributed by atoms with E-state index < -0.39 is 10.0 Å². The molecular weight excluding hydrogens is 462 g/mol. The molecule has 1 aliphatic heterocycles. The number of nitrogens with zero attached hydrogens (tertiary/aromatic N) is 5. The van der Waals surface area contributed by atoms with Gasteiger partial charge in [-0.25, -0.2) is 18.4 Å². The van der Waals surface area contributed by atoms with Gasteiger partial charge >= 0.3 is 0 Å². The number of benzene rings is 1. The fraction of sp³-hybridized carbons (Fsp3) is 0.409. The van der Waals surface area contributed by atoms with Gasteiger partial charge in [-0.3, -0.25) is 4.98 Å².